The SMILES string of the molecule is CC1=C(c2cc3cnc(Nc4ccc(C5CN(C)CCO5)cc4)nc3n(-c3ccccc3)c2=O)N=CC1S(=O)(=O)C1CCOCC1. The maximum atomic E-state index is 14.2. The van der Waals surface area contributed by atoms with E-state index in [0.29, 0.717) is 72.2 Å². The third-order valence-corrected chi connectivity index (χ3v) is 11.5. The average Bonchev–Trinajstić information content (AvgIpc) is 3.47. The standard InChI is InChI=1S/C34H36N6O5S/c1-22-30(46(42,43)27-12-15-44-16-13-27)20-35-31(22)28-18-24-19-36-34(38-32(24)40(33(28)41)26-6-4-3-5-7-26)37-25-10-8-23(9-11-25)29-21-39(2)14-17-45-29/h3-11,18-20,27,29-30H,12-17,21H2,1-2H3,(H,36,37,38). The van der Waals surface area contributed by atoms with E-state index in [9.17, 15) is 13.2 Å². The van der Waals surface area contributed by atoms with Crippen molar-refractivity contribution in [3.63, 3.8) is 0 Å². The van der Waals surface area contributed by atoms with E-state index in [4.69, 9.17) is 14.5 Å². The normalized spacial score (nSPS) is 21.3. The number of hydrogen-bond donors (Lipinski definition) is 1. The van der Waals surface area contributed by atoms with Crippen molar-refractivity contribution in [2.24, 2.45) is 4.99 Å². The minimum absolute atomic E-state index is 0.0272. The van der Waals surface area contributed by atoms with Crippen LogP contribution in [0.5, 0.6) is 0 Å². The van der Waals surface area contributed by atoms with Crippen molar-refractivity contribution in [3.8, 4) is 5.69 Å². The number of nitrogens with zero attached hydrogens (tertiary/aromatic N) is 5. The topological polar surface area (TPSA) is 128 Å². The number of rotatable bonds is 7. The molecule has 12 heteroatoms. The Bertz CT molecular complexity index is 1990. The van der Waals surface area contributed by atoms with Crippen molar-refractivity contribution in [2.45, 2.75) is 36.4 Å². The van der Waals surface area contributed by atoms with E-state index in [2.05, 4.69) is 27.2 Å². The third kappa shape index (κ3) is 5.77. The van der Waals surface area contributed by atoms with Crippen LogP contribution in [0, 0.1) is 0 Å². The number of benzene rings is 2. The smallest absolute Gasteiger partial charge is 0.266 e. The molecule has 2 unspecified atom stereocenters. The van der Waals surface area contributed by atoms with Crippen LogP contribution in [0.4, 0.5) is 11.6 Å². The molecule has 46 heavy (non-hydrogen) atoms. The molecule has 2 fully saturated rings. The number of likely N-dealkylation sites (N-methyl/N-ethyl adjacent to an activating group) is 1. The first-order valence-corrected chi connectivity index (χ1v) is 17.1. The first kappa shape index (κ1) is 30.4. The lowest BCUT2D eigenvalue weighted by molar-refractivity contribution is -0.0208. The van der Waals surface area contributed by atoms with Gasteiger partial charge in [-0.3, -0.25) is 14.4 Å². The van der Waals surface area contributed by atoms with Gasteiger partial charge in [0.15, 0.2) is 15.5 Å². The first-order chi connectivity index (χ1) is 22.3. The molecule has 0 saturated carbocycles. The van der Waals surface area contributed by atoms with Crippen molar-refractivity contribution < 1.29 is 17.9 Å². The van der Waals surface area contributed by atoms with Gasteiger partial charge in [0.05, 0.1) is 34.9 Å². The average molecular weight is 641 g/mol. The molecule has 4 aromatic rings. The van der Waals surface area contributed by atoms with Crippen LogP contribution < -0.4 is 10.9 Å². The Balaban J connectivity index is 1.25. The van der Waals surface area contributed by atoms with Crippen molar-refractivity contribution in [3.05, 3.63) is 93.9 Å². The number of anilines is 2. The van der Waals surface area contributed by atoms with Gasteiger partial charge in [-0.25, -0.2) is 13.4 Å². The first-order valence-electron chi connectivity index (χ1n) is 15.5. The number of nitrogens with one attached hydrogen (secondary N) is 1. The number of hydrogen-bond acceptors (Lipinski definition) is 10. The Morgan fingerprint density at radius 3 is 2.50 bits per heavy atom. The van der Waals surface area contributed by atoms with E-state index in [-0.39, 0.29) is 11.7 Å². The third-order valence-electron chi connectivity index (χ3n) is 8.94. The molecule has 0 amide bonds. The number of morpholine rings is 1. The van der Waals surface area contributed by atoms with Crippen molar-refractivity contribution in [2.75, 3.05) is 45.3 Å². The zero-order valence-corrected chi connectivity index (χ0v) is 26.6. The lowest BCUT2D eigenvalue weighted by Gasteiger charge is -2.30. The monoisotopic (exact) mass is 640 g/mol. The summed E-state index contributed by atoms with van der Waals surface area (Å²) >= 11 is 0. The highest BCUT2D eigenvalue weighted by Crippen LogP contribution is 2.33. The largest absolute Gasteiger partial charge is 0.381 e. The van der Waals surface area contributed by atoms with Gasteiger partial charge < -0.3 is 19.7 Å². The van der Waals surface area contributed by atoms with Crippen LogP contribution in [0.15, 0.2) is 82.2 Å². The molecule has 7 rings (SSSR count). The van der Waals surface area contributed by atoms with Crippen LogP contribution in [-0.4, -0.2) is 84.5 Å². The lowest BCUT2D eigenvalue weighted by atomic mass is 10.1. The van der Waals surface area contributed by atoms with Gasteiger partial charge >= 0.3 is 0 Å². The number of fused-ring (bicyclic) bond motifs is 1. The second-order valence-corrected chi connectivity index (χ2v) is 14.4. The van der Waals surface area contributed by atoms with E-state index in [1.807, 2.05) is 54.6 Å². The predicted octanol–water partition coefficient (Wildman–Crippen LogP) is 4.31. The fourth-order valence-electron chi connectivity index (χ4n) is 6.35. The van der Waals surface area contributed by atoms with Crippen LogP contribution in [0.1, 0.15) is 37.0 Å². The van der Waals surface area contributed by atoms with Crippen LogP contribution in [0.25, 0.3) is 22.4 Å². The number of pyridine rings is 1. The summed E-state index contributed by atoms with van der Waals surface area (Å²) in [5.74, 6) is 0.336. The predicted molar refractivity (Wildman–Crippen MR) is 179 cm³/mol. The van der Waals surface area contributed by atoms with E-state index >= 15 is 0 Å². The molecule has 3 aliphatic rings. The minimum atomic E-state index is -3.55. The Morgan fingerprint density at radius 2 is 1.76 bits per heavy atom. The van der Waals surface area contributed by atoms with Gasteiger partial charge in [0, 0.05) is 49.8 Å². The van der Waals surface area contributed by atoms with E-state index < -0.39 is 20.3 Å². The van der Waals surface area contributed by atoms with Crippen LogP contribution in [0.3, 0.4) is 0 Å². The molecular weight excluding hydrogens is 604 g/mol. The highest BCUT2D eigenvalue weighted by molar-refractivity contribution is 7.93. The van der Waals surface area contributed by atoms with E-state index in [0.717, 1.165) is 24.3 Å². The van der Waals surface area contributed by atoms with E-state index in [1.165, 1.54) is 10.8 Å². The molecule has 3 aliphatic heterocycles. The molecule has 0 radical (unpaired) electrons. The molecule has 2 saturated heterocycles. The summed E-state index contributed by atoms with van der Waals surface area (Å²) < 4.78 is 40.0. The van der Waals surface area contributed by atoms with Crippen molar-refractivity contribution in [1.82, 2.24) is 19.4 Å². The molecular formula is C34H36N6O5S. The quantitative estimate of drug-likeness (QED) is 0.314. The zero-order valence-electron chi connectivity index (χ0n) is 25.8. The Morgan fingerprint density at radius 1 is 1.00 bits per heavy atom. The maximum absolute atomic E-state index is 14.2. The van der Waals surface area contributed by atoms with Crippen molar-refractivity contribution in [1.29, 1.82) is 0 Å². The number of para-hydroxylation sites is 1. The summed E-state index contributed by atoms with van der Waals surface area (Å²) in [4.78, 5) is 30.4. The molecule has 5 heterocycles. The van der Waals surface area contributed by atoms with Crippen molar-refractivity contribution >= 4 is 44.4 Å². The number of aromatic nitrogens is 3. The summed E-state index contributed by atoms with van der Waals surface area (Å²) in [5, 5.41) is 2.50. The molecule has 2 aromatic carbocycles. The highest BCUT2D eigenvalue weighted by Gasteiger charge is 2.39. The molecule has 1 N–H and O–H groups in total. The zero-order chi connectivity index (χ0) is 31.8. The van der Waals surface area contributed by atoms with Gasteiger partial charge in [-0.1, -0.05) is 30.3 Å². The van der Waals surface area contributed by atoms with E-state index in [1.54, 1.807) is 19.2 Å². The van der Waals surface area contributed by atoms with Gasteiger partial charge in [-0.05, 0) is 68.3 Å². The highest BCUT2D eigenvalue weighted by atomic mass is 32.2. The summed E-state index contributed by atoms with van der Waals surface area (Å²) in [5.41, 5.74) is 3.80. The fraction of sp³-hybridized carbons (Fsp3) is 0.353. The van der Waals surface area contributed by atoms with Crippen LogP contribution >= 0.6 is 0 Å². The molecule has 238 valence electrons. The Kier molecular flexibility index (Phi) is 8.28. The Hall–Kier alpha value is -4.23. The van der Waals surface area contributed by atoms with Gasteiger partial charge in [-0.2, -0.15) is 4.98 Å². The molecule has 0 aliphatic carbocycles. The number of ether oxygens (including phenoxy) is 2. The molecule has 2 aromatic heterocycles. The van der Waals surface area contributed by atoms with Gasteiger partial charge in [0.25, 0.3) is 5.56 Å². The number of aliphatic imine (C=N–C) groups is 1. The van der Waals surface area contributed by atoms with Gasteiger partial charge in [0.2, 0.25) is 5.95 Å². The van der Waals surface area contributed by atoms with Gasteiger partial charge in [0.1, 0.15) is 5.25 Å². The second-order valence-electron chi connectivity index (χ2n) is 12.0. The fourth-order valence-corrected chi connectivity index (χ4v) is 8.45. The number of sulfone groups is 1. The second kappa shape index (κ2) is 12.5. The summed E-state index contributed by atoms with van der Waals surface area (Å²) in [6.07, 6.45) is 4.06. The maximum Gasteiger partial charge on any atom is 0.266 e. The summed E-state index contributed by atoms with van der Waals surface area (Å²) in [6, 6.07) is 19.0. The Labute approximate surface area is 267 Å². The molecule has 0 bridgehead atoms. The molecule has 2 atom stereocenters. The molecule has 0 spiro atoms. The lowest BCUT2D eigenvalue weighted by Crippen LogP contribution is -2.37. The van der Waals surface area contributed by atoms with Crippen LogP contribution in [-0.2, 0) is 19.3 Å². The molecule has 11 nitrogen and oxygen atoms in total. The summed E-state index contributed by atoms with van der Waals surface area (Å²) in [7, 11) is -1.46. The van der Waals surface area contributed by atoms with Crippen LogP contribution in [0.2, 0.25) is 0 Å². The summed E-state index contributed by atoms with van der Waals surface area (Å²) in [6.45, 7) is 5.06. The van der Waals surface area contributed by atoms with Gasteiger partial charge in [-0.15, -0.1) is 0 Å². The minimum Gasteiger partial charge on any atom is -0.381 e.